The lowest BCUT2D eigenvalue weighted by Crippen LogP contribution is -2.51. The summed E-state index contributed by atoms with van der Waals surface area (Å²) in [6.07, 6.45) is 0.632. The number of nitrogen functional groups attached to an aromatic ring is 1. The normalized spacial score (nSPS) is 24.8. The summed E-state index contributed by atoms with van der Waals surface area (Å²) in [4.78, 5) is 0.256. The van der Waals surface area contributed by atoms with Gasteiger partial charge in [-0.1, -0.05) is 6.92 Å². The lowest BCUT2D eigenvalue weighted by molar-refractivity contribution is -0.0230. The number of nitrogens with zero attached hydrogens (tertiary/aromatic N) is 1. The minimum Gasteiger partial charge on any atom is -0.398 e. The van der Waals surface area contributed by atoms with Crippen LogP contribution in [0.2, 0.25) is 0 Å². The molecule has 0 amide bonds. The summed E-state index contributed by atoms with van der Waals surface area (Å²) in [7, 11) is -3.53. The van der Waals surface area contributed by atoms with Gasteiger partial charge in [-0.05, 0) is 47.5 Å². The second kappa shape index (κ2) is 6.01. The Morgan fingerprint density at radius 1 is 1.50 bits per heavy atom. The van der Waals surface area contributed by atoms with Gasteiger partial charge in [0.2, 0.25) is 10.0 Å². The molecule has 20 heavy (non-hydrogen) atoms. The van der Waals surface area contributed by atoms with E-state index < -0.39 is 10.0 Å². The summed E-state index contributed by atoms with van der Waals surface area (Å²) in [6, 6.07) is 4.58. The average molecular weight is 363 g/mol. The molecule has 0 saturated carbocycles. The smallest absolute Gasteiger partial charge is 0.243 e. The van der Waals surface area contributed by atoms with Crippen molar-refractivity contribution in [3.05, 3.63) is 22.7 Å². The third-order valence-electron chi connectivity index (χ3n) is 3.47. The Morgan fingerprint density at radius 2 is 2.20 bits per heavy atom. The van der Waals surface area contributed by atoms with Crippen molar-refractivity contribution in [2.45, 2.75) is 37.3 Å². The molecule has 2 atom stereocenters. The average Bonchev–Trinajstić information content (AvgIpc) is 2.41. The van der Waals surface area contributed by atoms with E-state index in [0.29, 0.717) is 23.3 Å². The van der Waals surface area contributed by atoms with Crippen molar-refractivity contribution in [3.63, 3.8) is 0 Å². The van der Waals surface area contributed by atoms with Crippen LogP contribution in [0.25, 0.3) is 0 Å². The van der Waals surface area contributed by atoms with Crippen molar-refractivity contribution < 1.29 is 13.2 Å². The number of rotatable bonds is 3. The van der Waals surface area contributed by atoms with E-state index in [-0.39, 0.29) is 17.0 Å². The third-order valence-corrected chi connectivity index (χ3v) is 6.07. The molecule has 0 spiro atoms. The van der Waals surface area contributed by atoms with E-state index in [1.165, 1.54) is 0 Å². The zero-order chi connectivity index (χ0) is 14.9. The van der Waals surface area contributed by atoms with E-state index in [0.717, 1.165) is 6.42 Å². The molecule has 7 heteroatoms. The van der Waals surface area contributed by atoms with Gasteiger partial charge in [-0.2, -0.15) is 4.31 Å². The number of anilines is 1. The number of sulfonamides is 1. The van der Waals surface area contributed by atoms with Crippen molar-refractivity contribution in [1.29, 1.82) is 0 Å². The first-order valence-electron chi connectivity index (χ1n) is 6.54. The van der Waals surface area contributed by atoms with E-state index in [4.69, 9.17) is 10.5 Å². The highest BCUT2D eigenvalue weighted by Crippen LogP contribution is 2.28. The van der Waals surface area contributed by atoms with Crippen LogP contribution in [0.1, 0.15) is 20.3 Å². The molecule has 5 nitrogen and oxygen atoms in total. The highest BCUT2D eigenvalue weighted by atomic mass is 79.9. The summed E-state index contributed by atoms with van der Waals surface area (Å²) in [5, 5.41) is 0. The predicted molar refractivity (Wildman–Crippen MR) is 81.9 cm³/mol. The van der Waals surface area contributed by atoms with Gasteiger partial charge in [-0.15, -0.1) is 0 Å². The number of hydrogen-bond donors (Lipinski definition) is 1. The van der Waals surface area contributed by atoms with E-state index in [1.54, 1.807) is 22.5 Å². The van der Waals surface area contributed by atoms with Crippen molar-refractivity contribution in [2.24, 2.45) is 0 Å². The van der Waals surface area contributed by atoms with Gasteiger partial charge in [-0.3, -0.25) is 0 Å². The van der Waals surface area contributed by atoms with Gasteiger partial charge >= 0.3 is 0 Å². The highest BCUT2D eigenvalue weighted by Gasteiger charge is 2.35. The van der Waals surface area contributed by atoms with Crippen molar-refractivity contribution in [2.75, 3.05) is 18.9 Å². The molecule has 1 aromatic carbocycles. The second-order valence-corrected chi connectivity index (χ2v) is 7.71. The van der Waals surface area contributed by atoms with Crippen LogP contribution in [0, 0.1) is 0 Å². The van der Waals surface area contributed by atoms with Gasteiger partial charge < -0.3 is 10.5 Å². The topological polar surface area (TPSA) is 72.6 Å². The number of morpholine rings is 1. The lowest BCUT2D eigenvalue weighted by atomic mass is 10.2. The quantitative estimate of drug-likeness (QED) is 0.836. The molecule has 0 aliphatic carbocycles. The zero-order valence-corrected chi connectivity index (χ0v) is 13.9. The van der Waals surface area contributed by atoms with Crippen LogP contribution in [0.5, 0.6) is 0 Å². The van der Waals surface area contributed by atoms with Crippen LogP contribution < -0.4 is 5.73 Å². The van der Waals surface area contributed by atoms with E-state index in [2.05, 4.69) is 15.9 Å². The Morgan fingerprint density at radius 3 is 2.80 bits per heavy atom. The lowest BCUT2D eigenvalue weighted by Gasteiger charge is -2.37. The van der Waals surface area contributed by atoms with E-state index in [9.17, 15) is 8.42 Å². The number of halogens is 1. The van der Waals surface area contributed by atoms with Crippen LogP contribution in [-0.2, 0) is 14.8 Å². The molecule has 1 aliphatic heterocycles. The summed E-state index contributed by atoms with van der Waals surface area (Å²) in [6.45, 7) is 4.66. The van der Waals surface area contributed by atoms with E-state index in [1.807, 2.05) is 13.8 Å². The molecule has 2 rings (SSSR count). The Bertz CT molecular complexity index is 591. The van der Waals surface area contributed by atoms with Crippen LogP contribution in [0.15, 0.2) is 27.6 Å². The molecular formula is C13H19BrN2O3S. The number of ether oxygens (including phenoxy) is 1. The highest BCUT2D eigenvalue weighted by molar-refractivity contribution is 9.10. The predicted octanol–water partition coefficient (Wildman–Crippen LogP) is 2.22. The monoisotopic (exact) mass is 362 g/mol. The Kier molecular flexibility index (Phi) is 4.73. The molecule has 1 fully saturated rings. The maximum atomic E-state index is 12.8. The molecule has 112 valence electrons. The van der Waals surface area contributed by atoms with Gasteiger partial charge in [0.15, 0.2) is 0 Å². The standard InChI is InChI=1S/C13H19BrN2O3S/c1-3-10-8-19-9(2)7-16(10)20(17,18)11-4-5-13(15)12(14)6-11/h4-6,9-10H,3,7-8,15H2,1-2H3. The van der Waals surface area contributed by atoms with Crippen molar-refractivity contribution >= 4 is 31.6 Å². The SMILES string of the molecule is CCC1COC(C)CN1S(=O)(=O)c1ccc(N)c(Br)c1. The van der Waals surface area contributed by atoms with Gasteiger partial charge in [0.1, 0.15) is 0 Å². The molecular weight excluding hydrogens is 344 g/mol. The Hall–Kier alpha value is -0.630. The summed E-state index contributed by atoms with van der Waals surface area (Å²) in [5.74, 6) is 0. The fourth-order valence-electron chi connectivity index (χ4n) is 2.23. The van der Waals surface area contributed by atoms with Crippen LogP contribution in [-0.4, -0.2) is 38.0 Å². The second-order valence-electron chi connectivity index (χ2n) is 4.96. The molecule has 1 aliphatic rings. The molecule has 0 radical (unpaired) electrons. The fraction of sp³-hybridized carbons (Fsp3) is 0.538. The first kappa shape index (κ1) is 15.8. The molecule has 1 aromatic rings. The number of benzene rings is 1. The number of hydrogen-bond acceptors (Lipinski definition) is 4. The van der Waals surface area contributed by atoms with Gasteiger partial charge in [0.25, 0.3) is 0 Å². The maximum Gasteiger partial charge on any atom is 0.243 e. The minimum atomic E-state index is -3.53. The Balaban J connectivity index is 2.39. The zero-order valence-electron chi connectivity index (χ0n) is 11.5. The molecule has 0 bridgehead atoms. The largest absolute Gasteiger partial charge is 0.398 e. The first-order valence-corrected chi connectivity index (χ1v) is 8.78. The molecule has 0 aromatic heterocycles. The van der Waals surface area contributed by atoms with Crippen LogP contribution >= 0.6 is 15.9 Å². The van der Waals surface area contributed by atoms with Gasteiger partial charge in [-0.25, -0.2) is 8.42 Å². The van der Waals surface area contributed by atoms with Crippen LogP contribution in [0.4, 0.5) is 5.69 Å². The number of nitrogens with two attached hydrogens (primary N) is 1. The Labute approximate surface area is 128 Å². The van der Waals surface area contributed by atoms with Crippen molar-refractivity contribution in [1.82, 2.24) is 4.31 Å². The fourth-order valence-corrected chi connectivity index (χ4v) is 4.55. The molecule has 2 unspecified atom stereocenters. The molecule has 2 N–H and O–H groups in total. The molecule has 1 saturated heterocycles. The maximum absolute atomic E-state index is 12.8. The summed E-state index contributed by atoms with van der Waals surface area (Å²) in [5.41, 5.74) is 6.23. The molecule has 1 heterocycles. The van der Waals surface area contributed by atoms with Crippen molar-refractivity contribution in [3.8, 4) is 0 Å². The van der Waals surface area contributed by atoms with Gasteiger partial charge in [0.05, 0.1) is 17.6 Å². The van der Waals surface area contributed by atoms with E-state index >= 15 is 0 Å². The third kappa shape index (κ3) is 3.00. The van der Waals surface area contributed by atoms with Gasteiger partial charge in [0, 0.05) is 22.7 Å². The van der Waals surface area contributed by atoms with Crippen LogP contribution in [0.3, 0.4) is 0 Å². The first-order chi connectivity index (χ1) is 9.36. The summed E-state index contributed by atoms with van der Waals surface area (Å²) < 4.78 is 33.2. The minimum absolute atomic E-state index is 0.0928. The summed E-state index contributed by atoms with van der Waals surface area (Å²) >= 11 is 3.27.